The first kappa shape index (κ1) is 10.5. The van der Waals surface area contributed by atoms with Gasteiger partial charge in [-0.1, -0.05) is 6.08 Å². The second-order valence-electron chi connectivity index (χ2n) is 4.02. The van der Waals surface area contributed by atoms with Gasteiger partial charge >= 0.3 is 0 Å². The molecule has 0 aliphatic carbocycles. The molecule has 2 heterocycles. The lowest BCUT2D eigenvalue weighted by Gasteiger charge is -2.31. The monoisotopic (exact) mass is 206 g/mol. The zero-order valence-corrected chi connectivity index (χ0v) is 9.22. The second-order valence-corrected chi connectivity index (χ2v) is 4.02. The molecule has 0 unspecified atom stereocenters. The van der Waals surface area contributed by atoms with Crippen molar-refractivity contribution >= 4 is 6.08 Å². The van der Waals surface area contributed by atoms with Gasteiger partial charge in [0.05, 0.1) is 6.26 Å². The first-order valence-electron chi connectivity index (χ1n) is 5.45. The fourth-order valence-corrected chi connectivity index (χ4v) is 1.73. The van der Waals surface area contributed by atoms with Gasteiger partial charge in [0.15, 0.2) is 0 Å². The highest BCUT2D eigenvalue weighted by atomic mass is 16.3. The third-order valence-electron chi connectivity index (χ3n) is 2.78. The molecule has 3 heteroatoms. The quantitative estimate of drug-likeness (QED) is 0.748. The maximum absolute atomic E-state index is 5.23. The van der Waals surface area contributed by atoms with Crippen LogP contribution >= 0.6 is 0 Å². The van der Waals surface area contributed by atoms with Crippen molar-refractivity contribution in [3.05, 3.63) is 30.2 Å². The highest BCUT2D eigenvalue weighted by molar-refractivity contribution is 5.42. The van der Waals surface area contributed by atoms with Gasteiger partial charge in [-0.25, -0.2) is 0 Å². The predicted octanol–water partition coefficient (Wildman–Crippen LogP) is 1.54. The van der Waals surface area contributed by atoms with Gasteiger partial charge in [-0.3, -0.25) is 4.90 Å². The van der Waals surface area contributed by atoms with Gasteiger partial charge in [-0.15, -0.1) is 0 Å². The summed E-state index contributed by atoms with van der Waals surface area (Å²) in [5.41, 5.74) is 0. The van der Waals surface area contributed by atoms with Crippen LogP contribution in [-0.2, 0) is 0 Å². The number of likely N-dealkylation sites (N-methyl/N-ethyl adjacent to an activating group) is 1. The van der Waals surface area contributed by atoms with E-state index in [9.17, 15) is 0 Å². The van der Waals surface area contributed by atoms with Crippen LogP contribution in [0.25, 0.3) is 6.08 Å². The number of piperazine rings is 1. The van der Waals surface area contributed by atoms with E-state index in [0.717, 1.165) is 12.3 Å². The third-order valence-corrected chi connectivity index (χ3v) is 2.78. The van der Waals surface area contributed by atoms with Crippen LogP contribution < -0.4 is 0 Å². The van der Waals surface area contributed by atoms with E-state index in [-0.39, 0.29) is 0 Å². The largest absolute Gasteiger partial charge is 0.465 e. The summed E-state index contributed by atoms with van der Waals surface area (Å²) in [5, 5.41) is 0. The average molecular weight is 206 g/mol. The molecule has 2 rings (SSSR count). The molecule has 3 nitrogen and oxygen atoms in total. The van der Waals surface area contributed by atoms with Crippen molar-refractivity contribution in [3.63, 3.8) is 0 Å². The molecule has 0 atom stereocenters. The van der Waals surface area contributed by atoms with Crippen LogP contribution in [0, 0.1) is 0 Å². The van der Waals surface area contributed by atoms with Gasteiger partial charge in [0.2, 0.25) is 0 Å². The molecule has 0 N–H and O–H groups in total. The zero-order valence-electron chi connectivity index (χ0n) is 9.22. The molecule has 1 aromatic heterocycles. The van der Waals surface area contributed by atoms with Gasteiger partial charge in [0.25, 0.3) is 0 Å². The van der Waals surface area contributed by atoms with Crippen molar-refractivity contribution < 1.29 is 4.42 Å². The summed E-state index contributed by atoms with van der Waals surface area (Å²) in [4.78, 5) is 4.83. The van der Waals surface area contributed by atoms with E-state index < -0.39 is 0 Å². The Kier molecular flexibility index (Phi) is 3.59. The summed E-state index contributed by atoms with van der Waals surface area (Å²) in [6, 6.07) is 3.88. The minimum absolute atomic E-state index is 0.934. The summed E-state index contributed by atoms with van der Waals surface area (Å²) in [5.74, 6) is 0.934. The Morgan fingerprint density at radius 2 is 2.13 bits per heavy atom. The van der Waals surface area contributed by atoms with Crippen LogP contribution in [0.15, 0.2) is 28.9 Å². The van der Waals surface area contributed by atoms with Crippen molar-refractivity contribution in [2.24, 2.45) is 0 Å². The van der Waals surface area contributed by atoms with Gasteiger partial charge < -0.3 is 9.32 Å². The minimum Gasteiger partial charge on any atom is -0.465 e. The van der Waals surface area contributed by atoms with Crippen LogP contribution in [0.4, 0.5) is 0 Å². The van der Waals surface area contributed by atoms with Crippen molar-refractivity contribution in [1.82, 2.24) is 9.80 Å². The van der Waals surface area contributed by atoms with Crippen LogP contribution in [0.2, 0.25) is 0 Å². The first-order chi connectivity index (χ1) is 7.34. The highest BCUT2D eigenvalue weighted by Crippen LogP contribution is 2.03. The lowest BCUT2D eigenvalue weighted by atomic mass is 10.3. The number of nitrogens with zero attached hydrogens (tertiary/aromatic N) is 2. The topological polar surface area (TPSA) is 19.6 Å². The Morgan fingerprint density at radius 1 is 1.33 bits per heavy atom. The average Bonchev–Trinajstić information content (AvgIpc) is 2.74. The number of furan rings is 1. The van der Waals surface area contributed by atoms with E-state index in [1.807, 2.05) is 18.2 Å². The standard InChI is InChI=1S/C12H18N2O/c1-13-7-9-14(10-8-13)6-2-4-12-5-3-11-15-12/h2-5,11H,6-10H2,1H3/b4-2+. The Balaban J connectivity index is 1.74. The van der Waals surface area contributed by atoms with Crippen LogP contribution in [0.3, 0.4) is 0 Å². The molecule has 0 spiro atoms. The van der Waals surface area contributed by atoms with E-state index in [1.165, 1.54) is 26.2 Å². The summed E-state index contributed by atoms with van der Waals surface area (Å²) in [7, 11) is 2.18. The zero-order chi connectivity index (χ0) is 10.5. The Labute approximate surface area is 91.0 Å². The smallest absolute Gasteiger partial charge is 0.126 e. The maximum Gasteiger partial charge on any atom is 0.126 e. The number of hydrogen-bond acceptors (Lipinski definition) is 3. The lowest BCUT2D eigenvalue weighted by molar-refractivity contribution is 0.167. The number of rotatable bonds is 3. The molecule has 0 radical (unpaired) electrons. The highest BCUT2D eigenvalue weighted by Gasteiger charge is 2.11. The van der Waals surface area contributed by atoms with Crippen LogP contribution in [-0.4, -0.2) is 49.6 Å². The molecule has 0 saturated carbocycles. The molecule has 0 aromatic carbocycles. The predicted molar refractivity (Wildman–Crippen MR) is 61.7 cm³/mol. The van der Waals surface area contributed by atoms with Gasteiger partial charge in [0, 0.05) is 32.7 Å². The van der Waals surface area contributed by atoms with Gasteiger partial charge in [-0.2, -0.15) is 0 Å². The molecule has 1 saturated heterocycles. The first-order valence-corrected chi connectivity index (χ1v) is 5.45. The van der Waals surface area contributed by atoms with E-state index >= 15 is 0 Å². The molecule has 1 fully saturated rings. The summed E-state index contributed by atoms with van der Waals surface area (Å²) in [6.45, 7) is 5.70. The summed E-state index contributed by atoms with van der Waals surface area (Å²) < 4.78 is 5.23. The molecule has 1 aromatic rings. The molecule has 15 heavy (non-hydrogen) atoms. The fraction of sp³-hybridized carbons (Fsp3) is 0.500. The molecule has 1 aliphatic rings. The lowest BCUT2D eigenvalue weighted by Crippen LogP contribution is -2.44. The SMILES string of the molecule is CN1CCN(C/C=C/c2ccco2)CC1. The summed E-state index contributed by atoms with van der Waals surface area (Å²) in [6.07, 6.45) is 5.91. The van der Waals surface area contributed by atoms with E-state index in [4.69, 9.17) is 4.42 Å². The van der Waals surface area contributed by atoms with Crippen LogP contribution in [0.5, 0.6) is 0 Å². The Morgan fingerprint density at radius 3 is 2.80 bits per heavy atom. The van der Waals surface area contributed by atoms with Gasteiger partial charge in [-0.05, 0) is 25.3 Å². The van der Waals surface area contributed by atoms with Crippen molar-refractivity contribution in [1.29, 1.82) is 0 Å². The van der Waals surface area contributed by atoms with E-state index in [1.54, 1.807) is 6.26 Å². The molecule has 82 valence electrons. The molecular weight excluding hydrogens is 188 g/mol. The van der Waals surface area contributed by atoms with Gasteiger partial charge in [0.1, 0.15) is 5.76 Å². The maximum atomic E-state index is 5.23. The Hall–Kier alpha value is -1.06. The van der Waals surface area contributed by atoms with E-state index in [2.05, 4.69) is 22.9 Å². The van der Waals surface area contributed by atoms with E-state index in [0.29, 0.717) is 0 Å². The van der Waals surface area contributed by atoms with Crippen molar-refractivity contribution in [3.8, 4) is 0 Å². The molecule has 1 aliphatic heterocycles. The third kappa shape index (κ3) is 3.22. The van der Waals surface area contributed by atoms with Crippen LogP contribution in [0.1, 0.15) is 5.76 Å². The molecular formula is C12H18N2O. The fourth-order valence-electron chi connectivity index (χ4n) is 1.73. The minimum atomic E-state index is 0.934. The summed E-state index contributed by atoms with van der Waals surface area (Å²) >= 11 is 0. The van der Waals surface area contributed by atoms with Crippen molar-refractivity contribution in [2.45, 2.75) is 0 Å². The molecule has 0 amide bonds. The van der Waals surface area contributed by atoms with Crippen molar-refractivity contribution in [2.75, 3.05) is 39.8 Å². The second kappa shape index (κ2) is 5.14. The normalized spacial score (nSPS) is 20.1. The molecule has 0 bridgehead atoms. The Bertz CT molecular complexity index is 297. The number of hydrogen-bond donors (Lipinski definition) is 0.